The molecule has 0 spiro atoms. The number of aliphatic hydroxyl groups is 1. The van der Waals surface area contributed by atoms with Crippen LogP contribution in [-0.4, -0.2) is 96.2 Å². The largest absolute Gasteiger partial charge is 0.388 e. The molecule has 1 aliphatic carbocycles. The molecule has 0 bridgehead atoms. The van der Waals surface area contributed by atoms with Crippen LogP contribution in [0.5, 0.6) is 0 Å². The molecule has 2 atom stereocenters. The Morgan fingerprint density at radius 1 is 1.10 bits per heavy atom. The van der Waals surface area contributed by atoms with Gasteiger partial charge in [-0.05, 0) is 44.4 Å². The molecule has 7 nitrogen and oxygen atoms in total. The number of hydrogen-bond acceptors (Lipinski definition) is 4. The lowest BCUT2D eigenvalue weighted by Gasteiger charge is -2.39. The Balaban J connectivity index is 0.00000300. The van der Waals surface area contributed by atoms with Crippen LogP contribution >= 0.6 is 24.0 Å². The first-order valence-corrected chi connectivity index (χ1v) is 11.1. The third-order valence-corrected chi connectivity index (χ3v) is 6.39. The molecule has 29 heavy (non-hydrogen) atoms. The Labute approximate surface area is 193 Å². The minimum atomic E-state index is -0.586. The molecule has 2 aliphatic heterocycles. The summed E-state index contributed by atoms with van der Waals surface area (Å²) in [5.74, 6) is 2.38. The fourth-order valence-electron chi connectivity index (χ4n) is 4.67. The van der Waals surface area contributed by atoms with Crippen molar-refractivity contribution in [1.29, 1.82) is 0 Å². The van der Waals surface area contributed by atoms with Crippen molar-refractivity contribution in [2.24, 2.45) is 16.8 Å². The number of piperazine rings is 1. The van der Waals surface area contributed by atoms with Gasteiger partial charge in [-0.2, -0.15) is 0 Å². The Bertz CT molecular complexity index is 551. The van der Waals surface area contributed by atoms with Gasteiger partial charge in [0.2, 0.25) is 5.91 Å². The van der Waals surface area contributed by atoms with E-state index >= 15 is 0 Å². The van der Waals surface area contributed by atoms with Crippen molar-refractivity contribution < 1.29 is 9.90 Å². The molecule has 168 valence electrons. The fourth-order valence-corrected chi connectivity index (χ4v) is 4.67. The van der Waals surface area contributed by atoms with E-state index < -0.39 is 5.60 Å². The summed E-state index contributed by atoms with van der Waals surface area (Å²) in [6, 6.07) is 0. The van der Waals surface area contributed by atoms with Crippen LogP contribution in [0.2, 0.25) is 0 Å². The van der Waals surface area contributed by atoms with Gasteiger partial charge in [-0.3, -0.25) is 14.7 Å². The van der Waals surface area contributed by atoms with E-state index in [2.05, 4.69) is 40.8 Å². The van der Waals surface area contributed by atoms with Crippen molar-refractivity contribution in [3.05, 3.63) is 0 Å². The molecule has 0 aromatic rings. The summed E-state index contributed by atoms with van der Waals surface area (Å²) in [6.45, 7) is 13.7. The molecule has 3 rings (SSSR count). The van der Waals surface area contributed by atoms with Crippen molar-refractivity contribution >= 4 is 35.8 Å². The molecule has 1 amide bonds. The summed E-state index contributed by atoms with van der Waals surface area (Å²) >= 11 is 0. The van der Waals surface area contributed by atoms with Gasteiger partial charge in [-0.1, -0.05) is 13.8 Å². The third kappa shape index (κ3) is 6.95. The first kappa shape index (κ1) is 24.7. The van der Waals surface area contributed by atoms with Crippen LogP contribution in [0.25, 0.3) is 0 Å². The highest BCUT2D eigenvalue weighted by Gasteiger charge is 2.34. The molecule has 0 aromatic heterocycles. The van der Waals surface area contributed by atoms with Crippen LogP contribution in [0.4, 0.5) is 0 Å². The van der Waals surface area contributed by atoms with Crippen LogP contribution < -0.4 is 5.32 Å². The SMILES string of the molecule is CCNC(=NCC1(O)CCC1)N1CCN(CC(=O)N2CC(C)CC(C)C2)CC1.I. The zero-order valence-corrected chi connectivity index (χ0v) is 20.7. The number of aliphatic imine (C=N–C) groups is 1. The second kappa shape index (κ2) is 11.1. The Kier molecular flexibility index (Phi) is 9.47. The lowest BCUT2D eigenvalue weighted by Crippen LogP contribution is -2.55. The Hall–Kier alpha value is -0.610. The Morgan fingerprint density at radius 3 is 2.24 bits per heavy atom. The van der Waals surface area contributed by atoms with Crippen LogP contribution in [0.15, 0.2) is 4.99 Å². The maximum Gasteiger partial charge on any atom is 0.236 e. The second-order valence-electron chi connectivity index (χ2n) is 9.26. The van der Waals surface area contributed by atoms with Gasteiger partial charge in [0.1, 0.15) is 0 Å². The molecular formula is C21H40IN5O2. The number of guanidine groups is 1. The first-order valence-electron chi connectivity index (χ1n) is 11.1. The molecular weight excluding hydrogens is 481 g/mol. The van der Waals surface area contributed by atoms with E-state index in [0.29, 0.717) is 24.9 Å². The van der Waals surface area contributed by atoms with E-state index in [1.165, 1.54) is 6.42 Å². The van der Waals surface area contributed by atoms with Gasteiger partial charge in [0.15, 0.2) is 5.96 Å². The summed E-state index contributed by atoms with van der Waals surface area (Å²) in [5.41, 5.74) is -0.586. The number of halogens is 1. The molecule has 3 fully saturated rings. The van der Waals surface area contributed by atoms with Gasteiger partial charge >= 0.3 is 0 Å². The highest BCUT2D eigenvalue weighted by atomic mass is 127. The van der Waals surface area contributed by atoms with E-state index in [-0.39, 0.29) is 29.9 Å². The monoisotopic (exact) mass is 521 g/mol. The third-order valence-electron chi connectivity index (χ3n) is 6.39. The number of piperidine rings is 1. The van der Waals surface area contributed by atoms with Crippen LogP contribution in [0.1, 0.15) is 46.5 Å². The number of amides is 1. The Morgan fingerprint density at radius 2 is 1.72 bits per heavy atom. The van der Waals surface area contributed by atoms with Crippen molar-refractivity contribution in [2.45, 2.75) is 52.1 Å². The average molecular weight is 521 g/mol. The van der Waals surface area contributed by atoms with Gasteiger partial charge in [0.05, 0.1) is 18.7 Å². The van der Waals surface area contributed by atoms with E-state index in [4.69, 9.17) is 4.99 Å². The van der Waals surface area contributed by atoms with Crippen molar-refractivity contribution in [1.82, 2.24) is 20.0 Å². The smallest absolute Gasteiger partial charge is 0.236 e. The van der Waals surface area contributed by atoms with Crippen LogP contribution in [0.3, 0.4) is 0 Å². The molecule has 2 unspecified atom stereocenters. The quantitative estimate of drug-likeness (QED) is 0.327. The van der Waals surface area contributed by atoms with Gasteiger partial charge in [0, 0.05) is 45.8 Å². The summed E-state index contributed by atoms with van der Waals surface area (Å²) < 4.78 is 0. The number of hydrogen-bond donors (Lipinski definition) is 2. The van der Waals surface area contributed by atoms with Gasteiger partial charge < -0.3 is 20.2 Å². The molecule has 2 saturated heterocycles. The fraction of sp³-hybridized carbons (Fsp3) is 0.905. The number of nitrogens with one attached hydrogen (secondary N) is 1. The molecule has 0 radical (unpaired) electrons. The highest BCUT2D eigenvalue weighted by Crippen LogP contribution is 2.31. The van der Waals surface area contributed by atoms with Gasteiger partial charge in [0.25, 0.3) is 0 Å². The standard InChI is InChI=1S/C21H39N5O2.HI/c1-4-22-20(23-16-21(28)6-5-7-21)25-10-8-24(9-11-25)15-19(27)26-13-17(2)12-18(3)14-26;/h17-18,28H,4-16H2,1-3H3,(H,22,23);1H. The van der Waals surface area contributed by atoms with Crippen LogP contribution in [-0.2, 0) is 4.79 Å². The molecule has 0 aromatic carbocycles. The topological polar surface area (TPSA) is 71.4 Å². The summed E-state index contributed by atoms with van der Waals surface area (Å²) in [6.07, 6.45) is 4.05. The number of carbonyl (C=O) groups excluding carboxylic acids is 1. The minimum absolute atomic E-state index is 0. The zero-order chi connectivity index (χ0) is 20.1. The van der Waals surface area contributed by atoms with Crippen molar-refractivity contribution in [2.75, 3.05) is 58.9 Å². The maximum atomic E-state index is 12.7. The number of rotatable bonds is 5. The maximum absolute atomic E-state index is 12.7. The lowest BCUT2D eigenvalue weighted by molar-refractivity contribution is -0.135. The van der Waals surface area contributed by atoms with E-state index in [0.717, 1.165) is 71.0 Å². The summed E-state index contributed by atoms with van der Waals surface area (Å²) in [5, 5.41) is 13.7. The molecule has 2 heterocycles. The van der Waals surface area contributed by atoms with Gasteiger partial charge in [-0.25, -0.2) is 0 Å². The predicted octanol–water partition coefficient (Wildman–Crippen LogP) is 1.61. The minimum Gasteiger partial charge on any atom is -0.388 e. The normalized spacial score (nSPS) is 27.8. The predicted molar refractivity (Wildman–Crippen MR) is 128 cm³/mol. The first-order chi connectivity index (χ1) is 13.4. The highest BCUT2D eigenvalue weighted by molar-refractivity contribution is 14.0. The molecule has 8 heteroatoms. The van der Waals surface area contributed by atoms with E-state index in [1.807, 2.05) is 0 Å². The number of nitrogens with zero attached hydrogens (tertiary/aromatic N) is 4. The summed E-state index contributed by atoms with van der Waals surface area (Å²) in [4.78, 5) is 24.0. The number of likely N-dealkylation sites (tertiary alicyclic amines) is 1. The van der Waals surface area contributed by atoms with E-state index in [1.54, 1.807) is 0 Å². The van der Waals surface area contributed by atoms with Crippen molar-refractivity contribution in [3.8, 4) is 0 Å². The van der Waals surface area contributed by atoms with Crippen molar-refractivity contribution in [3.63, 3.8) is 0 Å². The molecule has 3 aliphatic rings. The average Bonchev–Trinajstić information content (AvgIpc) is 2.63. The lowest BCUT2D eigenvalue weighted by atomic mass is 9.80. The number of carbonyl (C=O) groups is 1. The van der Waals surface area contributed by atoms with Gasteiger partial charge in [-0.15, -0.1) is 24.0 Å². The zero-order valence-electron chi connectivity index (χ0n) is 18.4. The summed E-state index contributed by atoms with van der Waals surface area (Å²) in [7, 11) is 0. The molecule has 2 N–H and O–H groups in total. The van der Waals surface area contributed by atoms with Crippen LogP contribution in [0, 0.1) is 11.8 Å². The second-order valence-corrected chi connectivity index (χ2v) is 9.26. The molecule has 1 saturated carbocycles. The van der Waals surface area contributed by atoms with E-state index in [9.17, 15) is 9.90 Å².